The van der Waals surface area contributed by atoms with E-state index in [2.05, 4.69) is 44.0 Å². The van der Waals surface area contributed by atoms with Crippen LogP contribution in [0.4, 0.5) is 0 Å². The zero-order chi connectivity index (χ0) is 27.1. The highest BCUT2D eigenvalue weighted by molar-refractivity contribution is 5.98. The van der Waals surface area contributed by atoms with E-state index in [1.54, 1.807) is 7.11 Å². The Morgan fingerprint density at radius 3 is 2.77 bits per heavy atom. The molecule has 39 heavy (non-hydrogen) atoms. The predicted molar refractivity (Wildman–Crippen MR) is 149 cm³/mol. The van der Waals surface area contributed by atoms with Crippen LogP contribution in [0.2, 0.25) is 0 Å². The Balaban J connectivity index is 1.15. The number of likely N-dealkylation sites (N-methyl/N-ethyl adjacent to an activating group) is 1. The third-order valence-corrected chi connectivity index (χ3v) is 11.9. The van der Waals surface area contributed by atoms with E-state index in [1.807, 2.05) is 0 Å². The third-order valence-electron chi connectivity index (χ3n) is 11.9. The first-order valence-electron chi connectivity index (χ1n) is 15.1. The second-order valence-electron chi connectivity index (χ2n) is 13.6. The van der Waals surface area contributed by atoms with Gasteiger partial charge in [-0.15, -0.1) is 0 Å². The minimum Gasteiger partial charge on any atom is -0.492 e. The van der Waals surface area contributed by atoms with Gasteiger partial charge < -0.3 is 19.3 Å². The average Bonchev–Trinajstić information content (AvgIpc) is 3.53. The molecule has 6 heteroatoms. The fourth-order valence-corrected chi connectivity index (χ4v) is 9.71. The summed E-state index contributed by atoms with van der Waals surface area (Å²) in [6.45, 7) is 5.96. The summed E-state index contributed by atoms with van der Waals surface area (Å²) in [5, 5.41) is 10.3. The monoisotopic (exact) mass is 533 g/mol. The normalized spacial score (nSPS) is 38.6. The summed E-state index contributed by atoms with van der Waals surface area (Å²) in [5.41, 5.74) is 5.03. The average molecular weight is 534 g/mol. The van der Waals surface area contributed by atoms with Gasteiger partial charge in [-0.05, 0) is 104 Å². The zero-order valence-electron chi connectivity index (χ0n) is 23.9. The lowest BCUT2D eigenvalue weighted by Gasteiger charge is -2.57. The molecule has 2 fully saturated rings. The van der Waals surface area contributed by atoms with Gasteiger partial charge in [0.15, 0.2) is 17.3 Å². The summed E-state index contributed by atoms with van der Waals surface area (Å²) in [6.07, 6.45) is 13.2. The topological polar surface area (TPSA) is 68.2 Å². The summed E-state index contributed by atoms with van der Waals surface area (Å²) in [7, 11) is 3.81. The van der Waals surface area contributed by atoms with E-state index in [9.17, 15) is 9.90 Å². The minimum atomic E-state index is -0.172. The summed E-state index contributed by atoms with van der Waals surface area (Å²) in [5.74, 6) is 4.24. The molecule has 0 aromatic heterocycles. The van der Waals surface area contributed by atoms with Crippen molar-refractivity contribution in [1.82, 2.24) is 4.90 Å². The number of carbonyl (C=O) groups is 1. The smallest absolute Gasteiger partial charge is 0.231 e. The highest BCUT2D eigenvalue weighted by atomic mass is 16.7. The SMILES string of the molecule is COc1c2c(cc3c1[C@H](CC(=O)C1=CC[C@@H]4[C@@H]5CC=C6C[C@H](O)CC[C@]6(C)[C@H]5CC[C@]14C)N(C)CC3)OCO2. The van der Waals surface area contributed by atoms with Gasteiger partial charge >= 0.3 is 0 Å². The highest BCUT2D eigenvalue weighted by Gasteiger charge is 2.57. The van der Waals surface area contributed by atoms with E-state index in [1.165, 1.54) is 17.6 Å². The number of rotatable bonds is 4. The van der Waals surface area contributed by atoms with Crippen molar-refractivity contribution in [2.45, 2.75) is 83.8 Å². The van der Waals surface area contributed by atoms with Crippen molar-refractivity contribution < 1.29 is 24.1 Å². The molecule has 6 nitrogen and oxygen atoms in total. The molecule has 0 unspecified atom stereocenters. The maximum absolute atomic E-state index is 14.2. The molecule has 4 aliphatic carbocycles. The number of carbonyl (C=O) groups excluding carboxylic acids is 1. The summed E-state index contributed by atoms with van der Waals surface area (Å²) < 4.78 is 17.4. The molecule has 2 heterocycles. The Hall–Kier alpha value is -2.31. The largest absolute Gasteiger partial charge is 0.492 e. The van der Waals surface area contributed by atoms with Crippen LogP contribution in [0.25, 0.3) is 0 Å². The first-order valence-corrected chi connectivity index (χ1v) is 15.1. The van der Waals surface area contributed by atoms with Gasteiger partial charge in [0.1, 0.15) is 0 Å². The van der Waals surface area contributed by atoms with E-state index in [-0.39, 0.29) is 29.8 Å². The second-order valence-corrected chi connectivity index (χ2v) is 13.6. The maximum atomic E-state index is 14.2. The number of benzene rings is 1. The molecule has 1 aromatic carbocycles. The van der Waals surface area contributed by atoms with Crippen molar-refractivity contribution in [2.24, 2.45) is 28.6 Å². The fourth-order valence-electron chi connectivity index (χ4n) is 9.71. The number of hydrogen-bond donors (Lipinski definition) is 1. The number of aliphatic hydroxyl groups excluding tert-OH is 1. The Kier molecular flexibility index (Phi) is 5.99. The summed E-state index contributed by atoms with van der Waals surface area (Å²) >= 11 is 0. The number of hydrogen-bond acceptors (Lipinski definition) is 6. The molecule has 0 saturated heterocycles. The van der Waals surface area contributed by atoms with Crippen molar-refractivity contribution >= 4 is 5.78 Å². The lowest BCUT2D eigenvalue weighted by molar-refractivity contribution is -0.119. The van der Waals surface area contributed by atoms with Gasteiger partial charge in [-0.1, -0.05) is 31.6 Å². The number of methoxy groups -OCH3 is 1. The fraction of sp³-hybridized carbons (Fsp3) is 0.667. The molecule has 7 atom stereocenters. The molecule has 1 N–H and O–H groups in total. The van der Waals surface area contributed by atoms with Crippen LogP contribution in [0.1, 0.15) is 82.4 Å². The Bertz CT molecular complexity index is 1270. The highest BCUT2D eigenvalue weighted by Crippen LogP contribution is 2.65. The predicted octanol–water partition coefficient (Wildman–Crippen LogP) is 5.77. The molecule has 1 aromatic rings. The first-order chi connectivity index (χ1) is 18.7. The van der Waals surface area contributed by atoms with Crippen LogP contribution in [0.15, 0.2) is 29.4 Å². The van der Waals surface area contributed by atoms with Gasteiger partial charge in [-0.2, -0.15) is 0 Å². The van der Waals surface area contributed by atoms with Gasteiger partial charge in [-0.25, -0.2) is 0 Å². The summed E-state index contributed by atoms with van der Waals surface area (Å²) in [6, 6.07) is 2.05. The third kappa shape index (κ3) is 3.70. The van der Waals surface area contributed by atoms with Gasteiger partial charge in [0, 0.05) is 24.6 Å². The van der Waals surface area contributed by atoms with E-state index in [0.717, 1.165) is 74.1 Å². The second kappa shape index (κ2) is 9.10. The molecule has 0 radical (unpaired) electrons. The van der Waals surface area contributed by atoms with E-state index >= 15 is 0 Å². The summed E-state index contributed by atoms with van der Waals surface area (Å²) in [4.78, 5) is 16.5. The minimum absolute atomic E-state index is 0.0432. The number of fused-ring (bicyclic) bond motifs is 7. The Morgan fingerprint density at radius 1 is 1.13 bits per heavy atom. The molecular weight excluding hydrogens is 490 g/mol. The molecule has 7 rings (SSSR count). The zero-order valence-corrected chi connectivity index (χ0v) is 23.9. The van der Waals surface area contributed by atoms with Crippen LogP contribution in [-0.4, -0.2) is 49.4 Å². The molecule has 0 spiro atoms. The number of Topliss-reactive ketones (excluding diaryl/α,β-unsaturated/α-hetero) is 1. The number of nitrogens with zero attached hydrogens (tertiary/aromatic N) is 1. The van der Waals surface area contributed by atoms with Crippen molar-refractivity contribution in [3.63, 3.8) is 0 Å². The first kappa shape index (κ1) is 25.6. The van der Waals surface area contributed by atoms with Gasteiger partial charge in [0.25, 0.3) is 0 Å². The quantitative estimate of drug-likeness (QED) is 0.496. The van der Waals surface area contributed by atoms with Gasteiger partial charge in [0.2, 0.25) is 12.5 Å². The standard InChI is InChI=1S/C33H43NO5/c1-32-12-9-21(35)16-20(32)5-6-22-23-7-8-25(33(23,2)13-10-24(22)32)27(36)17-26-29-19(11-14-34(26)3)15-28-30(31(29)37-4)39-18-38-28/h5,8,15,21-24,26,35H,6-7,9-14,16-18H2,1-4H3/t21-,22+,23-,24+,26+,32+,33+/m1/s1. The van der Waals surface area contributed by atoms with Crippen LogP contribution in [0.3, 0.4) is 0 Å². The van der Waals surface area contributed by atoms with Crippen molar-refractivity contribution in [3.8, 4) is 17.2 Å². The van der Waals surface area contributed by atoms with Crippen molar-refractivity contribution in [1.29, 1.82) is 0 Å². The van der Waals surface area contributed by atoms with Crippen LogP contribution in [0, 0.1) is 28.6 Å². The molecule has 0 amide bonds. The van der Waals surface area contributed by atoms with Crippen LogP contribution in [-0.2, 0) is 11.2 Å². The van der Waals surface area contributed by atoms with Gasteiger partial charge in [0.05, 0.1) is 13.2 Å². The van der Waals surface area contributed by atoms with Crippen LogP contribution >= 0.6 is 0 Å². The van der Waals surface area contributed by atoms with Crippen LogP contribution < -0.4 is 14.2 Å². The van der Waals surface area contributed by atoms with Crippen molar-refractivity contribution in [3.05, 3.63) is 40.5 Å². The van der Waals surface area contributed by atoms with Crippen LogP contribution in [0.5, 0.6) is 17.2 Å². The van der Waals surface area contributed by atoms with E-state index < -0.39 is 0 Å². The number of aliphatic hydroxyl groups is 1. The molecule has 210 valence electrons. The number of ketones is 1. The molecule has 2 saturated carbocycles. The Morgan fingerprint density at radius 2 is 1.95 bits per heavy atom. The molecule has 0 bridgehead atoms. The Labute approximate surface area is 232 Å². The number of ether oxygens (including phenoxy) is 3. The number of allylic oxidation sites excluding steroid dienone is 3. The lowest BCUT2D eigenvalue weighted by Crippen LogP contribution is -2.50. The molecule has 6 aliphatic rings. The molecular formula is C33H43NO5. The molecule has 2 aliphatic heterocycles. The maximum Gasteiger partial charge on any atom is 0.231 e. The van der Waals surface area contributed by atoms with Crippen molar-refractivity contribution in [2.75, 3.05) is 27.5 Å². The van der Waals surface area contributed by atoms with E-state index in [4.69, 9.17) is 14.2 Å². The van der Waals surface area contributed by atoms with Gasteiger partial charge in [-0.3, -0.25) is 9.69 Å². The van der Waals surface area contributed by atoms with E-state index in [0.29, 0.717) is 35.7 Å². The lowest BCUT2D eigenvalue weighted by atomic mass is 9.47.